The maximum atomic E-state index is 14.0. The summed E-state index contributed by atoms with van der Waals surface area (Å²) in [5.41, 5.74) is 7.60. The molecule has 0 saturated carbocycles. The standard InChI is InChI=1S/C14H11BrFNO2/c1-18-8-5-10-13(17)9-4-7(15)2-3-12(9)19-14(10)11(16)6-8/h2-6,13H,17H2,1H3. The molecule has 0 aromatic heterocycles. The molecule has 2 N–H and O–H groups in total. The van der Waals surface area contributed by atoms with Gasteiger partial charge in [-0.1, -0.05) is 15.9 Å². The molecule has 1 aliphatic rings. The molecule has 0 bridgehead atoms. The Balaban J connectivity index is 2.18. The van der Waals surface area contributed by atoms with Crippen molar-refractivity contribution >= 4 is 15.9 Å². The second-order valence-corrected chi connectivity index (χ2v) is 5.21. The smallest absolute Gasteiger partial charge is 0.169 e. The molecule has 1 heterocycles. The first-order chi connectivity index (χ1) is 9.10. The fraction of sp³-hybridized carbons (Fsp3) is 0.143. The van der Waals surface area contributed by atoms with Crippen LogP contribution < -0.4 is 15.2 Å². The molecule has 0 radical (unpaired) electrons. The van der Waals surface area contributed by atoms with Gasteiger partial charge in [-0.2, -0.15) is 0 Å². The quantitative estimate of drug-likeness (QED) is 0.869. The fourth-order valence-electron chi connectivity index (χ4n) is 2.18. The molecular formula is C14H11BrFNO2. The number of hydrogen-bond acceptors (Lipinski definition) is 3. The van der Waals surface area contributed by atoms with Gasteiger partial charge in [0.2, 0.25) is 0 Å². The highest BCUT2D eigenvalue weighted by Crippen LogP contribution is 2.45. The van der Waals surface area contributed by atoms with E-state index in [1.54, 1.807) is 12.1 Å². The lowest BCUT2D eigenvalue weighted by Gasteiger charge is -2.26. The van der Waals surface area contributed by atoms with Crippen molar-refractivity contribution in [2.24, 2.45) is 5.73 Å². The van der Waals surface area contributed by atoms with Gasteiger partial charge in [-0.3, -0.25) is 0 Å². The highest BCUT2D eigenvalue weighted by molar-refractivity contribution is 9.10. The Morgan fingerprint density at radius 2 is 2.05 bits per heavy atom. The van der Waals surface area contributed by atoms with Crippen molar-refractivity contribution in [3.8, 4) is 17.2 Å². The van der Waals surface area contributed by atoms with Crippen molar-refractivity contribution in [1.82, 2.24) is 0 Å². The van der Waals surface area contributed by atoms with E-state index in [1.807, 2.05) is 12.1 Å². The van der Waals surface area contributed by atoms with Gasteiger partial charge < -0.3 is 15.2 Å². The molecule has 2 aromatic carbocycles. The minimum Gasteiger partial charge on any atom is -0.497 e. The molecule has 0 saturated heterocycles. The Morgan fingerprint density at radius 3 is 2.79 bits per heavy atom. The Morgan fingerprint density at radius 1 is 1.26 bits per heavy atom. The van der Waals surface area contributed by atoms with E-state index in [-0.39, 0.29) is 5.75 Å². The number of fused-ring (bicyclic) bond motifs is 2. The molecule has 3 rings (SSSR count). The first-order valence-corrected chi connectivity index (χ1v) is 6.50. The van der Waals surface area contributed by atoms with E-state index in [2.05, 4.69) is 15.9 Å². The zero-order valence-electron chi connectivity index (χ0n) is 10.1. The van der Waals surface area contributed by atoms with Gasteiger partial charge in [-0.15, -0.1) is 0 Å². The summed E-state index contributed by atoms with van der Waals surface area (Å²) in [4.78, 5) is 0. The van der Waals surface area contributed by atoms with Crippen LogP contribution in [0.4, 0.5) is 4.39 Å². The van der Waals surface area contributed by atoms with E-state index in [9.17, 15) is 4.39 Å². The summed E-state index contributed by atoms with van der Waals surface area (Å²) >= 11 is 3.39. The monoisotopic (exact) mass is 323 g/mol. The predicted octanol–water partition coefficient (Wildman–Crippen LogP) is 3.75. The van der Waals surface area contributed by atoms with Crippen molar-refractivity contribution < 1.29 is 13.9 Å². The maximum Gasteiger partial charge on any atom is 0.169 e. The summed E-state index contributed by atoms with van der Waals surface area (Å²) in [6, 6.07) is 8.02. The molecule has 2 aromatic rings. The van der Waals surface area contributed by atoms with E-state index in [1.165, 1.54) is 13.2 Å². The van der Waals surface area contributed by atoms with Gasteiger partial charge in [0.25, 0.3) is 0 Å². The van der Waals surface area contributed by atoms with E-state index in [0.29, 0.717) is 17.1 Å². The number of benzene rings is 2. The van der Waals surface area contributed by atoms with Crippen LogP contribution >= 0.6 is 15.9 Å². The lowest BCUT2D eigenvalue weighted by molar-refractivity contribution is 0.389. The van der Waals surface area contributed by atoms with Crippen LogP contribution in [-0.2, 0) is 0 Å². The number of hydrogen-bond donors (Lipinski definition) is 1. The van der Waals surface area contributed by atoms with E-state index >= 15 is 0 Å². The zero-order chi connectivity index (χ0) is 13.6. The maximum absolute atomic E-state index is 14.0. The number of ether oxygens (including phenoxy) is 2. The highest BCUT2D eigenvalue weighted by Gasteiger charge is 2.28. The van der Waals surface area contributed by atoms with Gasteiger partial charge in [0.15, 0.2) is 11.6 Å². The lowest BCUT2D eigenvalue weighted by atomic mass is 9.95. The molecule has 0 amide bonds. The third-order valence-electron chi connectivity index (χ3n) is 3.14. The normalized spacial score (nSPS) is 16.3. The van der Waals surface area contributed by atoms with Gasteiger partial charge in [-0.05, 0) is 24.3 Å². The minimum absolute atomic E-state index is 0.170. The van der Waals surface area contributed by atoms with Crippen molar-refractivity contribution in [3.63, 3.8) is 0 Å². The molecule has 1 unspecified atom stereocenters. The Hall–Kier alpha value is -1.59. The number of methoxy groups -OCH3 is 1. The van der Waals surface area contributed by atoms with Gasteiger partial charge in [0.05, 0.1) is 13.2 Å². The highest BCUT2D eigenvalue weighted by atomic mass is 79.9. The summed E-state index contributed by atoms with van der Waals surface area (Å²) in [5.74, 6) is 0.697. The molecule has 3 nitrogen and oxygen atoms in total. The Bertz CT molecular complexity index is 660. The SMILES string of the molecule is COc1cc(F)c2c(c1)C(N)c1cc(Br)ccc1O2. The third kappa shape index (κ3) is 1.99. The van der Waals surface area contributed by atoms with Crippen LogP contribution in [0.25, 0.3) is 0 Å². The summed E-state index contributed by atoms with van der Waals surface area (Å²) in [5, 5.41) is 0. The second kappa shape index (κ2) is 4.51. The van der Waals surface area contributed by atoms with Crippen LogP contribution in [0.3, 0.4) is 0 Å². The van der Waals surface area contributed by atoms with Crippen LogP contribution in [-0.4, -0.2) is 7.11 Å². The van der Waals surface area contributed by atoms with Crippen LogP contribution in [0, 0.1) is 5.82 Å². The first kappa shape index (κ1) is 12.4. The summed E-state index contributed by atoms with van der Waals surface area (Å²) in [7, 11) is 1.49. The molecule has 5 heteroatoms. The van der Waals surface area contributed by atoms with Crippen molar-refractivity contribution in [1.29, 1.82) is 0 Å². The van der Waals surface area contributed by atoms with E-state index < -0.39 is 11.9 Å². The first-order valence-electron chi connectivity index (χ1n) is 5.70. The summed E-state index contributed by atoms with van der Waals surface area (Å²) in [6.07, 6.45) is 0. The average molecular weight is 324 g/mol. The molecule has 19 heavy (non-hydrogen) atoms. The predicted molar refractivity (Wildman–Crippen MR) is 73.2 cm³/mol. The number of nitrogens with two attached hydrogens (primary N) is 1. The van der Waals surface area contributed by atoms with Gasteiger partial charge in [-0.25, -0.2) is 4.39 Å². The number of rotatable bonds is 1. The zero-order valence-corrected chi connectivity index (χ0v) is 11.7. The Kier molecular flexibility index (Phi) is 2.95. The molecular weight excluding hydrogens is 313 g/mol. The van der Waals surface area contributed by atoms with Crippen molar-refractivity contribution in [3.05, 3.63) is 51.7 Å². The van der Waals surface area contributed by atoms with Gasteiger partial charge in [0.1, 0.15) is 11.5 Å². The van der Waals surface area contributed by atoms with E-state index in [0.717, 1.165) is 10.0 Å². The van der Waals surface area contributed by atoms with Crippen LogP contribution in [0.5, 0.6) is 17.2 Å². The van der Waals surface area contributed by atoms with Crippen molar-refractivity contribution in [2.45, 2.75) is 6.04 Å². The van der Waals surface area contributed by atoms with Crippen LogP contribution in [0.15, 0.2) is 34.8 Å². The minimum atomic E-state index is -0.474. The average Bonchev–Trinajstić information content (AvgIpc) is 2.40. The largest absolute Gasteiger partial charge is 0.497 e. The fourth-order valence-corrected chi connectivity index (χ4v) is 2.56. The molecule has 0 aliphatic carbocycles. The van der Waals surface area contributed by atoms with Gasteiger partial charge in [0, 0.05) is 21.7 Å². The van der Waals surface area contributed by atoms with Gasteiger partial charge >= 0.3 is 0 Å². The van der Waals surface area contributed by atoms with E-state index in [4.69, 9.17) is 15.2 Å². The topological polar surface area (TPSA) is 44.5 Å². The summed E-state index contributed by atoms with van der Waals surface area (Å²) in [6.45, 7) is 0. The molecule has 1 aliphatic heterocycles. The summed E-state index contributed by atoms with van der Waals surface area (Å²) < 4.78 is 25.6. The van der Waals surface area contributed by atoms with Crippen molar-refractivity contribution in [2.75, 3.05) is 7.11 Å². The van der Waals surface area contributed by atoms with Crippen LogP contribution in [0.1, 0.15) is 17.2 Å². The number of halogens is 2. The third-order valence-corrected chi connectivity index (χ3v) is 3.63. The van der Waals surface area contributed by atoms with Crippen LogP contribution in [0.2, 0.25) is 0 Å². The molecule has 98 valence electrons. The Labute approximate surface area is 118 Å². The molecule has 0 fully saturated rings. The molecule has 1 atom stereocenters. The lowest BCUT2D eigenvalue weighted by Crippen LogP contribution is -2.18. The molecule has 0 spiro atoms. The second-order valence-electron chi connectivity index (χ2n) is 4.29.